The zero-order chi connectivity index (χ0) is 14.3. The van der Waals surface area contributed by atoms with Gasteiger partial charge in [0.2, 0.25) is 5.91 Å². The van der Waals surface area contributed by atoms with Gasteiger partial charge in [-0.15, -0.1) is 0 Å². The van der Waals surface area contributed by atoms with Crippen LogP contribution in [0.15, 0.2) is 18.2 Å². The normalized spacial score (nSPS) is 29.4. The highest BCUT2D eigenvalue weighted by atomic mass is 16.6. The van der Waals surface area contributed by atoms with Crippen LogP contribution < -0.4 is 4.74 Å². The molecule has 20 heavy (non-hydrogen) atoms. The number of hydroxylamine groups is 5. The van der Waals surface area contributed by atoms with Crippen molar-refractivity contribution in [1.82, 2.24) is 5.06 Å². The Hall–Kier alpha value is -1.63. The Morgan fingerprint density at radius 1 is 1.40 bits per heavy atom. The molecule has 2 unspecified atom stereocenters. The molecule has 1 saturated heterocycles. The van der Waals surface area contributed by atoms with Crippen molar-refractivity contribution in [2.24, 2.45) is 0 Å². The van der Waals surface area contributed by atoms with Gasteiger partial charge in [-0.1, -0.05) is 12.1 Å². The highest BCUT2D eigenvalue weighted by Crippen LogP contribution is 2.38. The summed E-state index contributed by atoms with van der Waals surface area (Å²) in [7, 11) is 1.59. The molecule has 0 N–H and O–H groups in total. The molecular weight excluding hydrogens is 260 g/mol. The smallest absolute Gasteiger partial charge is 0.212 e. The second-order valence-electron chi connectivity index (χ2n) is 5.51. The maximum Gasteiger partial charge on any atom is 0.212 e. The van der Waals surface area contributed by atoms with E-state index in [0.29, 0.717) is 24.6 Å². The summed E-state index contributed by atoms with van der Waals surface area (Å²) in [5, 5.41) is 25.0. The van der Waals surface area contributed by atoms with E-state index in [1.54, 1.807) is 7.11 Å². The third-order valence-corrected chi connectivity index (χ3v) is 4.33. The van der Waals surface area contributed by atoms with Gasteiger partial charge < -0.3 is 24.9 Å². The van der Waals surface area contributed by atoms with Gasteiger partial charge in [-0.2, -0.15) is 0 Å². The number of quaternary nitrogens is 1. The molecule has 1 aromatic rings. The molecule has 0 saturated carbocycles. The molecule has 6 nitrogen and oxygen atoms in total. The molecule has 6 heteroatoms. The highest BCUT2D eigenvalue weighted by molar-refractivity contribution is 5.77. The van der Waals surface area contributed by atoms with E-state index in [4.69, 9.17) is 4.74 Å². The monoisotopic (exact) mass is 277 g/mol. The lowest BCUT2D eigenvalue weighted by atomic mass is 10.0. The number of fused-ring (bicyclic) bond motifs is 1. The van der Waals surface area contributed by atoms with Gasteiger partial charge in [-0.05, 0) is 6.07 Å². The van der Waals surface area contributed by atoms with Gasteiger partial charge in [0.15, 0.2) is 0 Å². The van der Waals surface area contributed by atoms with Crippen molar-refractivity contribution in [3.8, 4) is 5.75 Å². The summed E-state index contributed by atoms with van der Waals surface area (Å²) in [6, 6.07) is 5.30. The Kier molecular flexibility index (Phi) is 3.16. The van der Waals surface area contributed by atoms with Crippen LogP contribution in [-0.4, -0.2) is 35.3 Å². The van der Waals surface area contributed by atoms with Gasteiger partial charge in [-0.25, -0.2) is 0 Å². The van der Waals surface area contributed by atoms with E-state index in [-0.39, 0.29) is 19.0 Å². The van der Waals surface area contributed by atoms with Crippen LogP contribution in [-0.2, 0) is 17.9 Å². The Bertz CT molecular complexity index is 548. The van der Waals surface area contributed by atoms with Crippen LogP contribution in [0.3, 0.4) is 0 Å². The molecule has 0 spiro atoms. The predicted molar refractivity (Wildman–Crippen MR) is 72.1 cm³/mol. The second kappa shape index (κ2) is 4.73. The maximum atomic E-state index is 13.0. The van der Waals surface area contributed by atoms with Gasteiger partial charge in [0.25, 0.3) is 0 Å². The minimum absolute atomic E-state index is 0.00135. The number of benzene rings is 1. The molecule has 2 aliphatic heterocycles. The van der Waals surface area contributed by atoms with Crippen LogP contribution in [0.25, 0.3) is 0 Å². The summed E-state index contributed by atoms with van der Waals surface area (Å²) in [5.74, 6) is 0.311. The molecule has 0 bridgehead atoms. The minimum Gasteiger partial charge on any atom is -0.756 e. The van der Waals surface area contributed by atoms with Crippen LogP contribution in [0.4, 0.5) is 0 Å². The fourth-order valence-corrected chi connectivity index (χ4v) is 3.18. The van der Waals surface area contributed by atoms with Crippen molar-refractivity contribution >= 4 is 5.91 Å². The predicted octanol–water partition coefficient (Wildman–Crippen LogP) is 1.51. The fourth-order valence-electron chi connectivity index (χ4n) is 3.18. The molecular formula is C14H17N2O4-. The van der Waals surface area contributed by atoms with E-state index in [1.807, 2.05) is 18.2 Å². The molecule has 108 valence electrons. The molecule has 2 aliphatic rings. The van der Waals surface area contributed by atoms with Crippen molar-refractivity contribution in [1.29, 1.82) is 0 Å². The number of piperidine rings is 1. The molecule has 3 rings (SSSR count). The van der Waals surface area contributed by atoms with Gasteiger partial charge in [0.05, 0.1) is 19.2 Å². The molecule has 0 aromatic heterocycles. The summed E-state index contributed by atoms with van der Waals surface area (Å²) in [6.45, 7) is 0.657. The molecule has 1 fully saturated rings. The Morgan fingerprint density at radius 3 is 2.90 bits per heavy atom. The summed E-state index contributed by atoms with van der Waals surface area (Å²) < 4.78 is 4.84. The van der Waals surface area contributed by atoms with E-state index in [9.17, 15) is 15.2 Å². The third-order valence-electron chi connectivity index (χ3n) is 4.33. The molecule has 1 aromatic carbocycles. The average Bonchev–Trinajstić information content (AvgIpc) is 2.79. The standard InChI is InChI=1S/C14H17N2O4/c1-20-13-4-2-3-10-8-16(19,9-12(10)13)11-5-6-14(17)15(18)7-11/h2-4,11H,5-9H2,1H3/q-1. The van der Waals surface area contributed by atoms with Crippen LogP contribution in [0.2, 0.25) is 0 Å². The van der Waals surface area contributed by atoms with Gasteiger partial charge >= 0.3 is 0 Å². The number of hydrogen-bond acceptors (Lipinski definition) is 4. The first-order chi connectivity index (χ1) is 9.53. The van der Waals surface area contributed by atoms with Crippen molar-refractivity contribution in [2.45, 2.75) is 32.0 Å². The quantitative estimate of drug-likeness (QED) is 0.606. The summed E-state index contributed by atoms with van der Waals surface area (Å²) in [4.78, 5) is 11.3. The average molecular weight is 277 g/mol. The number of rotatable bonds is 2. The Morgan fingerprint density at radius 2 is 2.20 bits per heavy atom. The van der Waals surface area contributed by atoms with Gasteiger partial charge in [-0.3, -0.25) is 4.79 Å². The minimum atomic E-state index is -0.457. The van der Waals surface area contributed by atoms with Crippen LogP contribution in [0, 0.1) is 10.4 Å². The molecule has 0 radical (unpaired) electrons. The van der Waals surface area contributed by atoms with Crippen LogP contribution in [0.5, 0.6) is 5.75 Å². The Balaban J connectivity index is 1.84. The lowest BCUT2D eigenvalue weighted by Crippen LogP contribution is -2.54. The van der Waals surface area contributed by atoms with E-state index in [2.05, 4.69) is 0 Å². The fraction of sp³-hybridized carbons (Fsp3) is 0.500. The number of carbonyl (C=O) groups excluding carboxylic acids is 1. The van der Waals surface area contributed by atoms with Gasteiger partial charge in [0.1, 0.15) is 24.9 Å². The maximum absolute atomic E-state index is 13.0. The first kappa shape index (κ1) is 13.4. The van der Waals surface area contributed by atoms with E-state index in [1.165, 1.54) is 0 Å². The molecule has 2 atom stereocenters. The number of carbonyl (C=O) groups is 1. The first-order valence-corrected chi connectivity index (χ1v) is 6.73. The highest BCUT2D eigenvalue weighted by Gasteiger charge is 2.39. The van der Waals surface area contributed by atoms with Crippen LogP contribution >= 0.6 is 0 Å². The first-order valence-electron chi connectivity index (χ1n) is 6.73. The van der Waals surface area contributed by atoms with E-state index in [0.717, 1.165) is 16.9 Å². The SMILES string of the molecule is COc1cccc2c1C[N+]([O-])(C1CCC(=O)N([O-])C1)C2. The summed E-state index contributed by atoms with van der Waals surface area (Å²) in [6.07, 6.45) is 0.654. The van der Waals surface area contributed by atoms with E-state index < -0.39 is 10.6 Å². The number of nitrogens with zero attached hydrogens (tertiary/aromatic N) is 2. The number of methoxy groups -OCH3 is 1. The number of hydrogen-bond donors (Lipinski definition) is 0. The largest absolute Gasteiger partial charge is 0.756 e. The van der Waals surface area contributed by atoms with Crippen molar-refractivity contribution in [2.75, 3.05) is 13.7 Å². The summed E-state index contributed by atoms with van der Waals surface area (Å²) >= 11 is 0. The topological polar surface area (TPSA) is 75.7 Å². The van der Waals surface area contributed by atoms with E-state index >= 15 is 0 Å². The van der Waals surface area contributed by atoms with Crippen molar-refractivity contribution in [3.05, 3.63) is 39.7 Å². The summed E-state index contributed by atoms with van der Waals surface area (Å²) in [5.41, 5.74) is 1.91. The number of ether oxygens (including phenoxy) is 1. The zero-order valence-electron chi connectivity index (χ0n) is 11.4. The Labute approximate surface area is 117 Å². The number of amides is 1. The third kappa shape index (κ3) is 2.06. The van der Waals surface area contributed by atoms with Crippen LogP contribution in [0.1, 0.15) is 24.0 Å². The lowest BCUT2D eigenvalue weighted by Gasteiger charge is -2.50. The molecule has 2 heterocycles. The molecule has 0 aliphatic carbocycles. The zero-order valence-corrected chi connectivity index (χ0v) is 11.4. The van der Waals surface area contributed by atoms with Crippen molar-refractivity contribution in [3.63, 3.8) is 0 Å². The second-order valence-corrected chi connectivity index (χ2v) is 5.51. The van der Waals surface area contributed by atoms with Crippen molar-refractivity contribution < 1.29 is 14.2 Å². The van der Waals surface area contributed by atoms with Gasteiger partial charge in [0, 0.05) is 18.4 Å². The lowest BCUT2D eigenvalue weighted by molar-refractivity contribution is -0.924. The molecule has 1 amide bonds.